The number of rotatable bonds is 5. The number of nitrogens with zero attached hydrogens (tertiary/aromatic N) is 1. The maximum absolute atomic E-state index is 10.8. The summed E-state index contributed by atoms with van der Waals surface area (Å²) in [6.45, 7) is 1.64. The van der Waals surface area contributed by atoms with Gasteiger partial charge in [0.15, 0.2) is 0 Å². The van der Waals surface area contributed by atoms with Crippen molar-refractivity contribution in [3.05, 3.63) is 32.8 Å². The van der Waals surface area contributed by atoms with E-state index in [-0.39, 0.29) is 5.69 Å². The third kappa shape index (κ3) is 3.91. The van der Waals surface area contributed by atoms with Crippen LogP contribution < -0.4 is 10.1 Å². The molecule has 5 nitrogen and oxygen atoms in total. The van der Waals surface area contributed by atoms with Crippen molar-refractivity contribution in [3.63, 3.8) is 0 Å². The molecule has 6 heteroatoms. The summed E-state index contributed by atoms with van der Waals surface area (Å²) in [6, 6.07) is 5.34. The molecule has 1 aromatic rings. The first-order valence-electron chi connectivity index (χ1n) is 6.47. The molecule has 0 aliphatic carbocycles. The van der Waals surface area contributed by atoms with Gasteiger partial charge < -0.3 is 10.1 Å². The second-order valence-corrected chi connectivity index (χ2v) is 5.42. The van der Waals surface area contributed by atoms with E-state index in [1.54, 1.807) is 12.1 Å². The second-order valence-electron chi connectivity index (χ2n) is 4.63. The van der Waals surface area contributed by atoms with Crippen LogP contribution in [-0.4, -0.2) is 24.1 Å². The van der Waals surface area contributed by atoms with E-state index in [0.29, 0.717) is 22.9 Å². The number of nitro benzene ring substituents is 1. The largest absolute Gasteiger partial charge is 0.492 e. The lowest BCUT2D eigenvalue weighted by Crippen LogP contribution is -2.35. The van der Waals surface area contributed by atoms with E-state index in [0.717, 1.165) is 13.0 Å². The molecule has 1 atom stereocenters. The average molecular weight is 329 g/mol. The minimum absolute atomic E-state index is 0.0355. The molecule has 19 heavy (non-hydrogen) atoms. The minimum Gasteiger partial charge on any atom is -0.492 e. The Hall–Kier alpha value is -1.14. The third-order valence-corrected chi connectivity index (χ3v) is 4.07. The second kappa shape index (κ2) is 6.86. The van der Waals surface area contributed by atoms with Gasteiger partial charge in [-0.3, -0.25) is 10.1 Å². The quantitative estimate of drug-likeness (QED) is 0.665. The number of piperidine rings is 1. The zero-order valence-corrected chi connectivity index (χ0v) is 12.2. The zero-order chi connectivity index (χ0) is 13.7. The van der Waals surface area contributed by atoms with Gasteiger partial charge in [-0.2, -0.15) is 0 Å². The molecule has 0 radical (unpaired) electrons. The van der Waals surface area contributed by atoms with Gasteiger partial charge in [0.25, 0.3) is 5.69 Å². The molecule has 104 valence electrons. The summed E-state index contributed by atoms with van der Waals surface area (Å²) < 4.78 is 6.05. The van der Waals surface area contributed by atoms with Crippen LogP contribution in [0.5, 0.6) is 5.75 Å². The first-order valence-corrected chi connectivity index (χ1v) is 7.27. The topological polar surface area (TPSA) is 64.4 Å². The monoisotopic (exact) mass is 328 g/mol. The number of hydrogen-bond donors (Lipinski definition) is 1. The highest BCUT2D eigenvalue weighted by molar-refractivity contribution is 9.10. The van der Waals surface area contributed by atoms with Gasteiger partial charge in [0, 0.05) is 12.1 Å². The van der Waals surface area contributed by atoms with Gasteiger partial charge in [-0.15, -0.1) is 0 Å². The maximum Gasteiger partial charge on any atom is 0.287 e. The van der Waals surface area contributed by atoms with Gasteiger partial charge in [0.05, 0.1) is 11.5 Å². The van der Waals surface area contributed by atoms with Crippen LogP contribution in [0.2, 0.25) is 0 Å². The summed E-state index contributed by atoms with van der Waals surface area (Å²) in [7, 11) is 0. The lowest BCUT2D eigenvalue weighted by molar-refractivity contribution is -0.385. The van der Waals surface area contributed by atoms with Gasteiger partial charge in [-0.05, 0) is 47.8 Å². The standard InChI is InChI=1S/C13H17BrN2O3/c14-13-11(16(17)18)5-3-6-12(13)19-9-7-10-4-1-2-8-15-10/h3,5-6,10,15H,1-2,4,7-9H2. The van der Waals surface area contributed by atoms with Gasteiger partial charge in [-0.25, -0.2) is 0 Å². The molecule has 1 aliphatic heterocycles. The Morgan fingerprint density at radius 2 is 2.32 bits per heavy atom. The van der Waals surface area contributed by atoms with Gasteiger partial charge >= 0.3 is 0 Å². The Morgan fingerprint density at radius 3 is 3.00 bits per heavy atom. The fourth-order valence-corrected chi connectivity index (χ4v) is 2.76. The zero-order valence-electron chi connectivity index (χ0n) is 10.6. The Bertz CT molecular complexity index is 448. The fraction of sp³-hybridized carbons (Fsp3) is 0.538. The van der Waals surface area contributed by atoms with Gasteiger partial charge in [0.1, 0.15) is 10.2 Å². The molecule has 0 amide bonds. The van der Waals surface area contributed by atoms with E-state index in [9.17, 15) is 10.1 Å². The van der Waals surface area contributed by atoms with Crippen molar-refractivity contribution < 1.29 is 9.66 Å². The van der Waals surface area contributed by atoms with E-state index < -0.39 is 4.92 Å². The number of halogens is 1. The van der Waals surface area contributed by atoms with Crippen molar-refractivity contribution in [2.45, 2.75) is 31.7 Å². The van der Waals surface area contributed by atoms with Gasteiger partial charge in [0.2, 0.25) is 0 Å². The van der Waals surface area contributed by atoms with Crippen LogP contribution in [0.25, 0.3) is 0 Å². The fourth-order valence-electron chi connectivity index (χ4n) is 2.23. The van der Waals surface area contributed by atoms with Crippen molar-refractivity contribution >= 4 is 21.6 Å². The van der Waals surface area contributed by atoms with E-state index in [2.05, 4.69) is 21.2 Å². The Morgan fingerprint density at radius 1 is 1.47 bits per heavy atom. The normalized spacial score (nSPS) is 19.1. The summed E-state index contributed by atoms with van der Waals surface area (Å²) in [4.78, 5) is 10.4. The van der Waals surface area contributed by atoms with Crippen molar-refractivity contribution in [2.24, 2.45) is 0 Å². The summed E-state index contributed by atoms with van der Waals surface area (Å²) in [6.07, 6.45) is 4.61. The first-order chi connectivity index (χ1) is 9.18. The van der Waals surface area contributed by atoms with E-state index in [4.69, 9.17) is 4.74 Å². The molecule has 1 aromatic carbocycles. The Labute approximate surface area is 120 Å². The molecule has 2 rings (SSSR count). The molecule has 0 spiro atoms. The highest BCUT2D eigenvalue weighted by Gasteiger charge is 2.17. The molecule has 1 saturated heterocycles. The molecular weight excluding hydrogens is 312 g/mol. The predicted molar refractivity (Wildman–Crippen MR) is 76.6 cm³/mol. The molecule has 1 fully saturated rings. The molecule has 0 bridgehead atoms. The van der Waals surface area contributed by atoms with Crippen LogP contribution in [0.3, 0.4) is 0 Å². The lowest BCUT2D eigenvalue weighted by Gasteiger charge is -2.23. The predicted octanol–water partition coefficient (Wildman–Crippen LogP) is 3.27. The van der Waals surface area contributed by atoms with E-state index >= 15 is 0 Å². The van der Waals surface area contributed by atoms with Crippen molar-refractivity contribution in [3.8, 4) is 5.75 Å². The minimum atomic E-state index is -0.417. The number of hydrogen-bond acceptors (Lipinski definition) is 4. The van der Waals surface area contributed by atoms with Gasteiger partial charge in [-0.1, -0.05) is 12.5 Å². The van der Waals surface area contributed by atoms with Crippen LogP contribution in [-0.2, 0) is 0 Å². The number of ether oxygens (including phenoxy) is 1. The highest BCUT2D eigenvalue weighted by Crippen LogP contribution is 2.33. The van der Waals surface area contributed by atoms with E-state index in [1.165, 1.54) is 25.3 Å². The van der Waals surface area contributed by atoms with Crippen LogP contribution in [0.1, 0.15) is 25.7 Å². The molecule has 1 unspecified atom stereocenters. The third-order valence-electron chi connectivity index (χ3n) is 3.28. The smallest absolute Gasteiger partial charge is 0.287 e. The Kier molecular flexibility index (Phi) is 5.15. The summed E-state index contributed by atoms with van der Waals surface area (Å²) in [5, 5.41) is 14.3. The Balaban J connectivity index is 1.88. The molecule has 1 aliphatic rings. The van der Waals surface area contributed by atoms with E-state index in [1.807, 2.05) is 0 Å². The number of nitrogens with one attached hydrogen (secondary N) is 1. The number of benzene rings is 1. The maximum atomic E-state index is 10.8. The molecular formula is C13H17BrN2O3. The van der Waals surface area contributed by atoms with Crippen LogP contribution in [0, 0.1) is 10.1 Å². The molecule has 0 saturated carbocycles. The van der Waals surface area contributed by atoms with Crippen molar-refractivity contribution in [2.75, 3.05) is 13.2 Å². The van der Waals surface area contributed by atoms with Crippen LogP contribution in [0.4, 0.5) is 5.69 Å². The summed E-state index contributed by atoms with van der Waals surface area (Å²) >= 11 is 3.23. The average Bonchev–Trinajstić information content (AvgIpc) is 2.41. The summed E-state index contributed by atoms with van der Waals surface area (Å²) in [5.74, 6) is 0.532. The molecule has 1 N–H and O–H groups in total. The lowest BCUT2D eigenvalue weighted by atomic mass is 10.0. The van der Waals surface area contributed by atoms with Crippen LogP contribution >= 0.6 is 15.9 Å². The first kappa shape index (κ1) is 14.3. The number of nitro groups is 1. The highest BCUT2D eigenvalue weighted by atomic mass is 79.9. The molecule has 0 aromatic heterocycles. The van der Waals surface area contributed by atoms with Crippen molar-refractivity contribution in [1.82, 2.24) is 5.32 Å². The van der Waals surface area contributed by atoms with Crippen molar-refractivity contribution in [1.29, 1.82) is 0 Å². The van der Waals surface area contributed by atoms with Crippen LogP contribution in [0.15, 0.2) is 22.7 Å². The molecule has 1 heterocycles. The SMILES string of the molecule is O=[N+]([O-])c1cccc(OCCC2CCCCN2)c1Br. The summed E-state index contributed by atoms with van der Waals surface area (Å²) in [5.41, 5.74) is 0.0355.